The van der Waals surface area contributed by atoms with Crippen LogP contribution < -0.4 is 20.4 Å². The van der Waals surface area contributed by atoms with Crippen molar-refractivity contribution in [3.05, 3.63) is 135 Å². The van der Waals surface area contributed by atoms with Crippen LogP contribution in [-0.2, 0) is 4.74 Å². The second-order valence-electron chi connectivity index (χ2n) is 14.8. The third kappa shape index (κ3) is 7.17. The number of nitrogens with one attached hydrogen (secondary N) is 2. The minimum Gasteiger partial charge on any atom is -0.381 e. The highest BCUT2D eigenvalue weighted by Crippen LogP contribution is 2.43. The molecular weight excluding hydrogens is 714 g/mol. The lowest BCUT2D eigenvalue weighted by Crippen LogP contribution is -2.59. The molecule has 2 saturated heterocycles. The fourth-order valence-corrected chi connectivity index (χ4v) is 8.92. The average Bonchev–Trinajstić information content (AvgIpc) is 3.62. The zero-order chi connectivity index (χ0) is 38.3. The van der Waals surface area contributed by atoms with Crippen LogP contribution in [0, 0.1) is 25.1 Å². The minimum absolute atomic E-state index is 0.157. The summed E-state index contributed by atoms with van der Waals surface area (Å²) in [6.45, 7) is 9.43. The molecule has 0 aliphatic carbocycles. The number of para-hydroxylation sites is 2. The summed E-state index contributed by atoms with van der Waals surface area (Å²) in [5, 5.41) is 5.76. The summed E-state index contributed by atoms with van der Waals surface area (Å²) in [5.74, 6) is -0.562. The third-order valence-corrected chi connectivity index (χ3v) is 12.2. The number of rotatable bonds is 7. The number of thiophene rings is 1. The zero-order valence-electron chi connectivity index (χ0n) is 31.1. The van der Waals surface area contributed by atoms with Gasteiger partial charge in [-0.1, -0.05) is 30.3 Å². The van der Waals surface area contributed by atoms with E-state index in [0.717, 1.165) is 72.0 Å². The first-order valence-corrected chi connectivity index (χ1v) is 19.4. The van der Waals surface area contributed by atoms with Crippen molar-refractivity contribution in [2.24, 2.45) is 5.41 Å². The summed E-state index contributed by atoms with van der Waals surface area (Å²) in [4.78, 5) is 51.0. The maximum Gasteiger partial charge on any atom is 0.265 e. The molecule has 3 aliphatic rings. The van der Waals surface area contributed by atoms with Gasteiger partial charge in [-0.05, 0) is 117 Å². The van der Waals surface area contributed by atoms with E-state index in [-0.39, 0.29) is 28.8 Å². The summed E-state index contributed by atoms with van der Waals surface area (Å²) in [6, 6.07) is 25.1. The molecule has 3 aromatic carbocycles. The Morgan fingerprint density at radius 3 is 2.40 bits per heavy atom. The van der Waals surface area contributed by atoms with Gasteiger partial charge in [-0.15, -0.1) is 11.3 Å². The number of fused-ring (bicyclic) bond motifs is 1. The lowest BCUT2D eigenvalue weighted by molar-refractivity contribution is -0.000511. The van der Waals surface area contributed by atoms with Gasteiger partial charge in [0.25, 0.3) is 17.7 Å². The van der Waals surface area contributed by atoms with Crippen molar-refractivity contribution in [1.29, 1.82) is 0 Å². The highest BCUT2D eigenvalue weighted by Gasteiger charge is 2.45. The molecule has 2 fully saturated rings. The molecule has 5 heterocycles. The number of pyridine rings is 1. The molecule has 280 valence electrons. The number of carbonyl (C=O) groups excluding carboxylic acids is 3. The summed E-state index contributed by atoms with van der Waals surface area (Å²) in [6.07, 6.45) is 4.41. The molecule has 0 bridgehead atoms. The number of aromatic nitrogens is 1. The van der Waals surface area contributed by atoms with Gasteiger partial charge in [0.05, 0.1) is 21.8 Å². The lowest BCUT2D eigenvalue weighted by atomic mass is 9.73. The van der Waals surface area contributed by atoms with E-state index < -0.39 is 5.82 Å². The Balaban J connectivity index is 0.968. The molecule has 1 spiro atoms. The Morgan fingerprint density at radius 1 is 0.873 bits per heavy atom. The largest absolute Gasteiger partial charge is 0.381 e. The van der Waals surface area contributed by atoms with E-state index in [0.29, 0.717) is 46.0 Å². The number of carbonyl (C=O) groups is 3. The maximum absolute atomic E-state index is 14.5. The minimum atomic E-state index is -0.479. The van der Waals surface area contributed by atoms with E-state index in [1.165, 1.54) is 17.4 Å². The van der Waals surface area contributed by atoms with Gasteiger partial charge < -0.3 is 25.2 Å². The Kier molecular flexibility index (Phi) is 9.83. The number of anilines is 4. The molecule has 0 saturated carbocycles. The van der Waals surface area contributed by atoms with Crippen molar-refractivity contribution >= 4 is 63.1 Å². The predicted molar refractivity (Wildman–Crippen MR) is 217 cm³/mol. The van der Waals surface area contributed by atoms with Crippen LogP contribution >= 0.6 is 11.3 Å². The van der Waals surface area contributed by atoms with Crippen LogP contribution in [0.2, 0.25) is 0 Å². The van der Waals surface area contributed by atoms with Crippen LogP contribution in [0.1, 0.15) is 78.1 Å². The molecule has 8 rings (SSSR count). The highest BCUT2D eigenvalue weighted by atomic mass is 32.1. The van der Waals surface area contributed by atoms with Gasteiger partial charge in [-0.25, -0.2) is 9.37 Å². The first-order chi connectivity index (χ1) is 26.6. The Labute approximate surface area is 323 Å². The molecule has 3 amide bonds. The van der Waals surface area contributed by atoms with Crippen molar-refractivity contribution in [1.82, 2.24) is 4.98 Å². The van der Waals surface area contributed by atoms with Gasteiger partial charge >= 0.3 is 0 Å². The normalized spacial score (nSPS) is 16.3. The quantitative estimate of drug-likeness (QED) is 0.172. The first kappa shape index (κ1) is 36.3. The molecule has 5 aromatic rings. The summed E-state index contributed by atoms with van der Waals surface area (Å²) >= 11 is 1.35. The number of nitrogens with zero attached hydrogens (tertiary/aromatic N) is 3. The van der Waals surface area contributed by atoms with Gasteiger partial charge in [0, 0.05) is 66.2 Å². The number of halogens is 1. The van der Waals surface area contributed by atoms with Crippen LogP contribution in [-0.4, -0.2) is 55.6 Å². The average molecular weight is 756 g/mol. The summed E-state index contributed by atoms with van der Waals surface area (Å²) < 4.78 is 20.0. The summed E-state index contributed by atoms with van der Waals surface area (Å²) in [5.41, 5.74) is 7.36. The van der Waals surface area contributed by atoms with Gasteiger partial charge in [0.15, 0.2) is 0 Å². The van der Waals surface area contributed by atoms with E-state index in [1.54, 1.807) is 60.5 Å². The van der Waals surface area contributed by atoms with Crippen LogP contribution in [0.5, 0.6) is 0 Å². The Bertz CT molecular complexity index is 2320. The molecule has 55 heavy (non-hydrogen) atoms. The van der Waals surface area contributed by atoms with Crippen LogP contribution in [0.4, 0.5) is 27.3 Å². The topological polar surface area (TPSA) is 104 Å². The second kappa shape index (κ2) is 14.9. The fraction of sp³-hybridized carbons (Fsp3) is 0.273. The molecule has 2 N–H and O–H groups in total. The molecule has 0 radical (unpaired) electrons. The number of ether oxygens (including phenoxy) is 1. The standard InChI is InChI=1S/C44H42FN5O4S/c1-27-23-34(40(46-24-27)49-25-44(26-49)18-21-54-22-19-44)41(51)47-31-13-11-30(12-14-31)43(53)50-20-17-33(29(3)32-8-4-5-10-36(32)50)37-15-16-38(55-37)42(52)48-39-28(2)7-6-9-35(39)45/h4-16,23-24H,17-22,25-26H2,1-3H3,(H,47,51)(H,48,52). The third-order valence-electron chi connectivity index (χ3n) is 11.0. The van der Waals surface area contributed by atoms with E-state index in [4.69, 9.17) is 4.74 Å². The number of amides is 3. The lowest BCUT2D eigenvalue weighted by Gasteiger charge is -2.53. The molecule has 3 aliphatic heterocycles. The van der Waals surface area contributed by atoms with E-state index in [9.17, 15) is 18.8 Å². The van der Waals surface area contributed by atoms with Crippen molar-refractivity contribution in [3.8, 4) is 0 Å². The van der Waals surface area contributed by atoms with Gasteiger partial charge in [-0.2, -0.15) is 0 Å². The zero-order valence-corrected chi connectivity index (χ0v) is 31.9. The number of hydrogen-bond donors (Lipinski definition) is 2. The molecule has 2 aromatic heterocycles. The number of allylic oxidation sites excluding steroid dienone is 1. The van der Waals surface area contributed by atoms with Crippen LogP contribution in [0.25, 0.3) is 11.1 Å². The molecule has 0 unspecified atom stereocenters. The monoisotopic (exact) mass is 755 g/mol. The number of benzene rings is 3. The summed E-state index contributed by atoms with van der Waals surface area (Å²) in [7, 11) is 0. The molecule has 9 nitrogen and oxygen atoms in total. The molecule has 11 heteroatoms. The fourth-order valence-electron chi connectivity index (χ4n) is 7.89. The molecular formula is C44H42FN5O4S. The number of hydrogen-bond acceptors (Lipinski definition) is 7. The number of aryl methyl sites for hydroxylation is 2. The van der Waals surface area contributed by atoms with E-state index in [2.05, 4.69) is 20.5 Å². The highest BCUT2D eigenvalue weighted by molar-refractivity contribution is 7.15. The van der Waals surface area contributed by atoms with Gasteiger partial charge in [0.1, 0.15) is 11.6 Å². The van der Waals surface area contributed by atoms with Crippen molar-refractivity contribution in [2.45, 2.75) is 40.0 Å². The SMILES string of the molecule is CC1=C(c2ccc(C(=O)Nc3c(C)cccc3F)s2)CCN(C(=O)c2ccc(NC(=O)c3cc(C)cnc3N3CC4(CCOCC4)C3)cc2)c2ccccc21. The second-order valence-corrected chi connectivity index (χ2v) is 15.8. The Morgan fingerprint density at radius 2 is 1.64 bits per heavy atom. The van der Waals surface area contributed by atoms with E-state index >= 15 is 0 Å². The smallest absolute Gasteiger partial charge is 0.265 e. The van der Waals surface area contributed by atoms with Crippen LogP contribution in [0.15, 0.2) is 91.1 Å². The van der Waals surface area contributed by atoms with Crippen molar-refractivity contribution in [3.63, 3.8) is 0 Å². The maximum atomic E-state index is 14.5. The molecule has 0 atom stereocenters. The van der Waals surface area contributed by atoms with Gasteiger partial charge in [0.2, 0.25) is 0 Å². The van der Waals surface area contributed by atoms with Crippen molar-refractivity contribution < 1.29 is 23.5 Å². The van der Waals surface area contributed by atoms with E-state index in [1.807, 2.05) is 50.2 Å². The first-order valence-electron chi connectivity index (χ1n) is 18.6. The van der Waals surface area contributed by atoms with Crippen molar-refractivity contribution in [2.75, 3.05) is 53.3 Å². The Hall–Kier alpha value is -5.65. The van der Waals surface area contributed by atoms with Gasteiger partial charge in [-0.3, -0.25) is 14.4 Å². The van der Waals surface area contributed by atoms with Crippen LogP contribution in [0.3, 0.4) is 0 Å². The predicted octanol–water partition coefficient (Wildman–Crippen LogP) is 9.00.